The number of benzene rings is 6. The van der Waals surface area contributed by atoms with Crippen LogP contribution in [-0.4, -0.2) is 4.57 Å². The van der Waals surface area contributed by atoms with E-state index in [1.807, 2.05) is 0 Å². The number of rotatable bonds is 6. The van der Waals surface area contributed by atoms with Crippen LogP contribution >= 0.6 is 0 Å². The van der Waals surface area contributed by atoms with Crippen molar-refractivity contribution in [1.29, 1.82) is 0 Å². The average molecular weight is 671 g/mol. The first-order valence-electron chi connectivity index (χ1n) is 18.3. The lowest BCUT2D eigenvalue weighted by Crippen LogP contribution is -2.22. The first-order chi connectivity index (χ1) is 25.4. The maximum atomic E-state index is 4.49. The summed E-state index contributed by atoms with van der Waals surface area (Å²) < 4.78 is 2.38. The predicted octanol–water partition coefficient (Wildman–Crippen LogP) is 13.5. The van der Waals surface area contributed by atoms with E-state index in [4.69, 9.17) is 0 Å². The van der Waals surface area contributed by atoms with Crippen molar-refractivity contribution in [3.8, 4) is 16.8 Å². The van der Waals surface area contributed by atoms with Crippen LogP contribution in [0.15, 0.2) is 188 Å². The monoisotopic (exact) mass is 670 g/mol. The van der Waals surface area contributed by atoms with Crippen molar-refractivity contribution in [2.45, 2.75) is 38.5 Å². The number of para-hydroxylation sites is 2. The third-order valence-corrected chi connectivity index (χ3v) is 11.3. The highest BCUT2D eigenvalue weighted by Crippen LogP contribution is 2.45. The van der Waals surface area contributed by atoms with Gasteiger partial charge in [0.2, 0.25) is 0 Å². The number of anilines is 2. The second-order valence-corrected chi connectivity index (χ2v) is 14.8. The Kier molecular flexibility index (Phi) is 7.70. The summed E-state index contributed by atoms with van der Waals surface area (Å²) in [4.78, 5) is 2.46. The van der Waals surface area contributed by atoms with Gasteiger partial charge < -0.3 is 9.47 Å². The predicted molar refractivity (Wildman–Crippen MR) is 222 cm³/mol. The Labute approximate surface area is 307 Å². The Bertz CT molecular complexity index is 2580. The zero-order chi connectivity index (χ0) is 35.4. The molecule has 1 atom stereocenters. The van der Waals surface area contributed by atoms with Gasteiger partial charge in [-0.1, -0.05) is 137 Å². The summed E-state index contributed by atoms with van der Waals surface area (Å²) in [5, 5.41) is 2.55. The highest BCUT2D eigenvalue weighted by atomic mass is 15.1. The number of nitrogens with zero attached hydrogens (tertiary/aromatic N) is 2. The van der Waals surface area contributed by atoms with Crippen LogP contribution in [0.5, 0.6) is 0 Å². The van der Waals surface area contributed by atoms with Gasteiger partial charge in [-0.2, -0.15) is 0 Å². The second kappa shape index (κ2) is 12.6. The molecule has 0 saturated heterocycles. The van der Waals surface area contributed by atoms with E-state index < -0.39 is 0 Å². The maximum absolute atomic E-state index is 4.49. The van der Waals surface area contributed by atoms with E-state index in [0.717, 1.165) is 17.7 Å². The van der Waals surface area contributed by atoms with Gasteiger partial charge in [-0.15, -0.1) is 0 Å². The van der Waals surface area contributed by atoms with E-state index in [2.05, 4.69) is 207 Å². The fraction of sp³-hybridized carbons (Fsp3) is 0.120. The van der Waals surface area contributed by atoms with E-state index in [1.54, 1.807) is 0 Å². The van der Waals surface area contributed by atoms with Crippen LogP contribution in [0.25, 0.3) is 44.2 Å². The number of fused-ring (bicyclic) bond motifs is 4. The smallest absolute Gasteiger partial charge is 0.0541 e. The van der Waals surface area contributed by atoms with Crippen molar-refractivity contribution in [3.05, 3.63) is 204 Å². The van der Waals surface area contributed by atoms with Gasteiger partial charge in [-0.3, -0.25) is 0 Å². The lowest BCUT2D eigenvalue weighted by Gasteiger charge is -2.32. The molecule has 1 unspecified atom stereocenters. The molecule has 252 valence electrons. The molecule has 1 heterocycles. The molecule has 1 aromatic heterocycles. The molecule has 9 rings (SSSR count). The van der Waals surface area contributed by atoms with Crippen LogP contribution in [0.2, 0.25) is 0 Å². The van der Waals surface area contributed by atoms with Crippen LogP contribution in [-0.2, 0) is 5.41 Å². The number of allylic oxidation sites excluding steroid dienone is 6. The molecule has 0 radical (unpaired) electrons. The average Bonchev–Trinajstić information content (AvgIpc) is 3.79. The van der Waals surface area contributed by atoms with Gasteiger partial charge in [0.05, 0.1) is 11.0 Å². The van der Waals surface area contributed by atoms with Gasteiger partial charge in [0, 0.05) is 45.4 Å². The quantitative estimate of drug-likeness (QED) is 0.171. The zero-order valence-electron chi connectivity index (χ0n) is 30.1. The van der Waals surface area contributed by atoms with Crippen molar-refractivity contribution in [2.24, 2.45) is 0 Å². The van der Waals surface area contributed by atoms with Gasteiger partial charge in [-0.25, -0.2) is 0 Å². The first kappa shape index (κ1) is 31.8. The molecule has 0 amide bonds. The Morgan fingerprint density at radius 3 is 2.08 bits per heavy atom. The second-order valence-electron chi connectivity index (χ2n) is 14.8. The fourth-order valence-electron chi connectivity index (χ4n) is 8.17. The van der Waals surface area contributed by atoms with Gasteiger partial charge in [0.1, 0.15) is 0 Å². The molecule has 2 aliphatic carbocycles. The number of aromatic nitrogens is 1. The minimum absolute atomic E-state index is 0.183. The summed E-state index contributed by atoms with van der Waals surface area (Å²) in [7, 11) is 0. The van der Waals surface area contributed by atoms with E-state index in [1.165, 1.54) is 72.3 Å². The van der Waals surface area contributed by atoms with Crippen molar-refractivity contribution in [3.63, 3.8) is 0 Å². The summed E-state index contributed by atoms with van der Waals surface area (Å²) in [6.45, 7) is 11.4. The molecule has 0 aliphatic heterocycles. The van der Waals surface area contributed by atoms with E-state index >= 15 is 0 Å². The Morgan fingerprint density at radius 2 is 1.29 bits per heavy atom. The summed E-state index contributed by atoms with van der Waals surface area (Å²) in [5.74, 6) is 0.322. The molecule has 0 saturated carbocycles. The highest BCUT2D eigenvalue weighted by molar-refractivity contribution is 6.10. The minimum Gasteiger partial charge on any atom is -0.314 e. The molecule has 2 nitrogen and oxygen atoms in total. The lowest BCUT2D eigenvalue weighted by atomic mass is 9.76. The van der Waals surface area contributed by atoms with Gasteiger partial charge in [-0.05, 0) is 106 Å². The largest absolute Gasteiger partial charge is 0.314 e. The van der Waals surface area contributed by atoms with Crippen molar-refractivity contribution < 1.29 is 0 Å². The molecular formula is C50H42N2. The van der Waals surface area contributed by atoms with Crippen LogP contribution in [0.3, 0.4) is 0 Å². The lowest BCUT2D eigenvalue weighted by molar-refractivity contribution is 0.636. The summed E-state index contributed by atoms with van der Waals surface area (Å²) in [5.41, 5.74) is 15.9. The van der Waals surface area contributed by atoms with Gasteiger partial charge >= 0.3 is 0 Å². The first-order valence-corrected chi connectivity index (χ1v) is 18.3. The normalized spacial score (nSPS) is 16.4. The maximum Gasteiger partial charge on any atom is 0.0541 e. The Morgan fingerprint density at radius 1 is 0.635 bits per heavy atom. The molecule has 0 bridgehead atoms. The topological polar surface area (TPSA) is 8.17 Å². The van der Waals surface area contributed by atoms with Crippen molar-refractivity contribution >= 4 is 38.8 Å². The van der Waals surface area contributed by atoms with Gasteiger partial charge in [0.25, 0.3) is 0 Å². The molecule has 0 spiro atoms. The standard InChI is InChI=1S/C50H42N2/c1-34-19-20-35(2)50(3,4)47-33-43(28-29-44(34)47)51(41-25-21-37(22-26-41)36-13-7-5-8-14-36)42-27-23-38(31-42)39-24-30-49-46(32-39)45-17-11-12-18-48(45)52(49)40-15-9-6-10-16-40/h5-30,32-34H,2,31H2,1,3-4H3. The van der Waals surface area contributed by atoms with Crippen LogP contribution in [0, 0.1) is 0 Å². The van der Waals surface area contributed by atoms with Crippen LogP contribution in [0.1, 0.15) is 49.8 Å². The fourth-order valence-corrected chi connectivity index (χ4v) is 8.17. The van der Waals surface area contributed by atoms with Crippen molar-refractivity contribution in [1.82, 2.24) is 4.57 Å². The third-order valence-electron chi connectivity index (χ3n) is 11.3. The Hall–Kier alpha value is -6.12. The molecule has 2 heteroatoms. The molecule has 7 aromatic rings. The van der Waals surface area contributed by atoms with E-state index in [0.29, 0.717) is 5.92 Å². The van der Waals surface area contributed by atoms with E-state index in [-0.39, 0.29) is 5.41 Å². The number of hydrogen-bond donors (Lipinski definition) is 0. The molecule has 0 fully saturated rings. The summed E-state index contributed by atoms with van der Waals surface area (Å²) in [6.07, 6.45) is 9.97. The van der Waals surface area contributed by atoms with Gasteiger partial charge in [0.15, 0.2) is 0 Å². The van der Waals surface area contributed by atoms with Crippen molar-refractivity contribution in [2.75, 3.05) is 4.90 Å². The molecule has 2 aliphatic rings. The minimum atomic E-state index is -0.183. The summed E-state index contributed by atoms with van der Waals surface area (Å²) in [6, 6.07) is 53.1. The highest BCUT2D eigenvalue weighted by Gasteiger charge is 2.31. The molecule has 52 heavy (non-hydrogen) atoms. The number of hydrogen-bond acceptors (Lipinski definition) is 1. The van der Waals surface area contributed by atoms with E-state index in [9.17, 15) is 0 Å². The molecule has 6 aromatic carbocycles. The summed E-state index contributed by atoms with van der Waals surface area (Å²) >= 11 is 0. The Balaban J connectivity index is 1.11. The molecule has 0 N–H and O–H groups in total. The van der Waals surface area contributed by atoms with Crippen LogP contribution < -0.4 is 4.90 Å². The third kappa shape index (κ3) is 5.34. The molecular weight excluding hydrogens is 629 g/mol. The SMILES string of the molecule is C=C1C=CC(C)c2ccc(N(C3=CC=C(c4ccc5c(c4)c4ccccc4n5-c4ccccc4)C3)c3ccc(-c4ccccc4)cc3)cc2C1(C)C. The zero-order valence-corrected chi connectivity index (χ0v) is 30.1. The van der Waals surface area contributed by atoms with Crippen LogP contribution in [0.4, 0.5) is 11.4 Å².